The molecule has 2 aromatic carbocycles. The molecule has 4 rings (SSSR count). The fourth-order valence-corrected chi connectivity index (χ4v) is 4.78. The summed E-state index contributed by atoms with van der Waals surface area (Å²) in [5.74, 6) is 0.806. The van der Waals surface area contributed by atoms with Gasteiger partial charge in [0.15, 0.2) is 11.8 Å². The van der Waals surface area contributed by atoms with Crippen LogP contribution < -0.4 is 9.62 Å². The van der Waals surface area contributed by atoms with Crippen molar-refractivity contribution < 1.29 is 17.7 Å². The van der Waals surface area contributed by atoms with Crippen molar-refractivity contribution in [3.8, 4) is 0 Å². The average Bonchev–Trinajstić information content (AvgIpc) is 3.23. The standard InChI is InChI=1S/C21H22N2O3S/c24-27(25,19-9-2-1-3-10-19)22-15-20(21-11-6-14-26-21)23-13-12-17-7-4-5-8-18(17)16-23/h1-11,14,20,22H,12-13,15-16H2/p+1/t20-/m1/s1. The summed E-state index contributed by atoms with van der Waals surface area (Å²) in [5, 5.41) is 0. The van der Waals surface area contributed by atoms with Gasteiger partial charge in [0.25, 0.3) is 0 Å². The molecule has 0 fully saturated rings. The minimum atomic E-state index is -3.55. The summed E-state index contributed by atoms with van der Waals surface area (Å²) >= 11 is 0. The molecule has 1 aliphatic heterocycles. The van der Waals surface area contributed by atoms with Crippen molar-refractivity contribution in [3.63, 3.8) is 0 Å². The van der Waals surface area contributed by atoms with Crippen LogP contribution in [0.1, 0.15) is 22.9 Å². The number of quaternary nitrogens is 1. The van der Waals surface area contributed by atoms with Crippen molar-refractivity contribution >= 4 is 10.0 Å². The van der Waals surface area contributed by atoms with Crippen LogP contribution in [0.15, 0.2) is 82.3 Å². The monoisotopic (exact) mass is 383 g/mol. The first-order chi connectivity index (χ1) is 13.1. The Hall–Kier alpha value is -2.41. The summed E-state index contributed by atoms with van der Waals surface area (Å²) < 4.78 is 33.7. The molecule has 2 atom stereocenters. The molecule has 1 aromatic heterocycles. The van der Waals surface area contributed by atoms with Crippen LogP contribution in [0.4, 0.5) is 0 Å². The molecule has 1 aliphatic rings. The number of sulfonamides is 1. The van der Waals surface area contributed by atoms with Crippen molar-refractivity contribution in [3.05, 3.63) is 89.9 Å². The number of benzene rings is 2. The lowest BCUT2D eigenvalue weighted by molar-refractivity contribution is -0.946. The van der Waals surface area contributed by atoms with Gasteiger partial charge in [-0.25, -0.2) is 13.1 Å². The fourth-order valence-electron chi connectivity index (χ4n) is 3.71. The van der Waals surface area contributed by atoms with Gasteiger partial charge in [0.1, 0.15) is 6.54 Å². The Kier molecular flexibility index (Phi) is 5.11. The SMILES string of the molecule is O=S(=O)(NC[C@H](c1ccco1)[NH+]1CCc2ccccc2C1)c1ccccc1. The zero-order chi connectivity index (χ0) is 18.7. The molecule has 0 amide bonds. The Morgan fingerprint density at radius 2 is 1.70 bits per heavy atom. The molecule has 5 nitrogen and oxygen atoms in total. The highest BCUT2D eigenvalue weighted by atomic mass is 32.2. The number of hydrogen-bond acceptors (Lipinski definition) is 3. The molecule has 2 N–H and O–H groups in total. The smallest absolute Gasteiger partial charge is 0.240 e. The molecule has 27 heavy (non-hydrogen) atoms. The number of hydrogen-bond donors (Lipinski definition) is 2. The molecular weight excluding hydrogens is 360 g/mol. The molecule has 0 radical (unpaired) electrons. The Morgan fingerprint density at radius 1 is 0.963 bits per heavy atom. The van der Waals surface area contributed by atoms with Gasteiger partial charge in [-0.1, -0.05) is 42.5 Å². The van der Waals surface area contributed by atoms with E-state index in [0.29, 0.717) is 6.54 Å². The van der Waals surface area contributed by atoms with Crippen LogP contribution >= 0.6 is 0 Å². The maximum Gasteiger partial charge on any atom is 0.240 e. The number of fused-ring (bicyclic) bond motifs is 1. The first-order valence-corrected chi connectivity index (χ1v) is 10.6. The average molecular weight is 383 g/mol. The fraction of sp³-hybridized carbons (Fsp3) is 0.238. The molecule has 0 saturated heterocycles. The summed E-state index contributed by atoms with van der Waals surface area (Å²) in [7, 11) is -3.55. The highest BCUT2D eigenvalue weighted by Gasteiger charge is 2.31. The van der Waals surface area contributed by atoms with E-state index >= 15 is 0 Å². The second kappa shape index (κ2) is 7.68. The number of furan rings is 1. The summed E-state index contributed by atoms with van der Waals surface area (Å²) in [5.41, 5.74) is 2.70. The zero-order valence-corrected chi connectivity index (χ0v) is 15.8. The molecular formula is C21H23N2O3S+. The first-order valence-electron chi connectivity index (χ1n) is 9.13. The molecule has 0 spiro atoms. The van der Waals surface area contributed by atoms with Crippen LogP contribution in [0, 0.1) is 0 Å². The largest absolute Gasteiger partial charge is 0.463 e. The highest BCUT2D eigenvalue weighted by Crippen LogP contribution is 2.16. The van der Waals surface area contributed by atoms with Gasteiger partial charge in [0, 0.05) is 12.0 Å². The van der Waals surface area contributed by atoms with Gasteiger partial charge in [-0.15, -0.1) is 0 Å². The second-order valence-electron chi connectivity index (χ2n) is 6.84. The minimum absolute atomic E-state index is 0.0770. The Labute approximate surface area is 159 Å². The summed E-state index contributed by atoms with van der Waals surface area (Å²) in [6.45, 7) is 2.09. The summed E-state index contributed by atoms with van der Waals surface area (Å²) in [6.07, 6.45) is 2.62. The molecule has 0 saturated carbocycles. The van der Waals surface area contributed by atoms with E-state index in [4.69, 9.17) is 4.42 Å². The maximum atomic E-state index is 12.6. The Morgan fingerprint density at radius 3 is 2.44 bits per heavy atom. The highest BCUT2D eigenvalue weighted by molar-refractivity contribution is 7.89. The van der Waals surface area contributed by atoms with Crippen molar-refractivity contribution in [1.29, 1.82) is 0 Å². The number of nitrogens with one attached hydrogen (secondary N) is 2. The topological polar surface area (TPSA) is 63.8 Å². The Balaban J connectivity index is 1.55. The Bertz CT molecular complexity index is 985. The van der Waals surface area contributed by atoms with Crippen molar-refractivity contribution in [1.82, 2.24) is 4.72 Å². The van der Waals surface area contributed by atoms with Crippen molar-refractivity contribution in [2.24, 2.45) is 0 Å². The third-order valence-electron chi connectivity index (χ3n) is 5.16. The molecule has 140 valence electrons. The summed E-state index contributed by atoms with van der Waals surface area (Å²) in [6, 6.07) is 20.6. The van der Waals surface area contributed by atoms with Gasteiger partial charge >= 0.3 is 0 Å². The zero-order valence-electron chi connectivity index (χ0n) is 15.0. The maximum absolute atomic E-state index is 12.6. The lowest BCUT2D eigenvalue weighted by Gasteiger charge is -2.31. The van der Waals surface area contributed by atoms with Crippen LogP contribution in [-0.2, 0) is 23.0 Å². The predicted molar refractivity (Wildman–Crippen MR) is 103 cm³/mol. The molecule has 2 heterocycles. The summed E-state index contributed by atoms with van der Waals surface area (Å²) in [4.78, 5) is 1.58. The van der Waals surface area contributed by atoms with Crippen molar-refractivity contribution in [2.75, 3.05) is 13.1 Å². The van der Waals surface area contributed by atoms with E-state index in [1.807, 2.05) is 12.1 Å². The van der Waals surface area contributed by atoms with E-state index in [9.17, 15) is 8.42 Å². The quantitative estimate of drug-likeness (QED) is 0.684. The van der Waals surface area contributed by atoms with Crippen LogP contribution in [-0.4, -0.2) is 21.5 Å². The molecule has 6 heteroatoms. The third-order valence-corrected chi connectivity index (χ3v) is 6.60. The molecule has 0 aliphatic carbocycles. The normalized spacial score (nSPS) is 18.0. The molecule has 1 unspecified atom stereocenters. The van der Waals surface area contributed by atoms with Crippen LogP contribution in [0.2, 0.25) is 0 Å². The van der Waals surface area contributed by atoms with E-state index in [2.05, 4.69) is 29.0 Å². The van der Waals surface area contributed by atoms with E-state index in [1.165, 1.54) is 16.0 Å². The van der Waals surface area contributed by atoms with E-state index in [0.717, 1.165) is 25.3 Å². The van der Waals surface area contributed by atoms with Gasteiger partial charge in [0.2, 0.25) is 10.0 Å². The van der Waals surface area contributed by atoms with Crippen LogP contribution in [0.5, 0.6) is 0 Å². The van der Waals surface area contributed by atoms with E-state index in [1.54, 1.807) is 36.6 Å². The first kappa shape index (κ1) is 18.0. The third kappa shape index (κ3) is 3.98. The molecule has 0 bridgehead atoms. The van der Waals surface area contributed by atoms with Gasteiger partial charge < -0.3 is 9.32 Å². The molecule has 3 aromatic rings. The van der Waals surface area contributed by atoms with Crippen molar-refractivity contribution in [2.45, 2.75) is 23.9 Å². The predicted octanol–water partition coefficient (Wildman–Crippen LogP) is 1.94. The lowest BCUT2D eigenvalue weighted by Crippen LogP contribution is -3.12. The van der Waals surface area contributed by atoms with Gasteiger partial charge in [-0.2, -0.15) is 0 Å². The van der Waals surface area contributed by atoms with Crippen LogP contribution in [0.3, 0.4) is 0 Å². The van der Waals surface area contributed by atoms with Gasteiger partial charge in [-0.05, 0) is 29.8 Å². The van der Waals surface area contributed by atoms with Gasteiger partial charge in [-0.3, -0.25) is 0 Å². The van der Waals surface area contributed by atoms with Crippen LogP contribution in [0.25, 0.3) is 0 Å². The van der Waals surface area contributed by atoms with E-state index in [-0.39, 0.29) is 10.9 Å². The van der Waals surface area contributed by atoms with E-state index < -0.39 is 10.0 Å². The van der Waals surface area contributed by atoms with Gasteiger partial charge in [0.05, 0.1) is 24.2 Å². The number of rotatable bonds is 6. The second-order valence-corrected chi connectivity index (χ2v) is 8.60. The minimum Gasteiger partial charge on any atom is -0.463 e. The lowest BCUT2D eigenvalue weighted by atomic mass is 9.98.